The predicted octanol–water partition coefficient (Wildman–Crippen LogP) is 2.31. The molecule has 0 aromatic carbocycles. The smallest absolute Gasteiger partial charge is 0.245 e. The van der Waals surface area contributed by atoms with Gasteiger partial charge in [0.15, 0.2) is 0 Å². The number of carbonyl (C=O) groups is 1. The van der Waals surface area contributed by atoms with Crippen molar-refractivity contribution in [3.63, 3.8) is 0 Å². The summed E-state index contributed by atoms with van der Waals surface area (Å²) in [6.45, 7) is 10.7. The van der Waals surface area contributed by atoms with Crippen LogP contribution in [0, 0.1) is 0 Å². The second-order valence-corrected chi connectivity index (χ2v) is 5.26. The Kier molecular flexibility index (Phi) is 7.56. The fourth-order valence-corrected chi connectivity index (χ4v) is 2.33. The molecular formula is C15H28N2O2. The molecule has 0 aliphatic carbocycles. The zero-order valence-electron chi connectivity index (χ0n) is 12.4. The minimum atomic E-state index is -0.118. The highest BCUT2D eigenvalue weighted by Gasteiger charge is 2.25. The van der Waals surface area contributed by atoms with Gasteiger partial charge in [-0.3, -0.25) is 4.79 Å². The van der Waals surface area contributed by atoms with E-state index in [1.54, 1.807) is 0 Å². The Labute approximate surface area is 117 Å². The predicted molar refractivity (Wildman–Crippen MR) is 77.9 cm³/mol. The number of morpholine rings is 1. The first-order chi connectivity index (χ1) is 9.15. The zero-order chi connectivity index (χ0) is 14.1. The molecule has 1 amide bonds. The monoisotopic (exact) mass is 268 g/mol. The molecule has 1 heterocycles. The van der Waals surface area contributed by atoms with Gasteiger partial charge in [0.05, 0.1) is 13.2 Å². The Hall–Kier alpha value is -1.03. The standard InChI is InChI=1S/C15H28N2O2/c1-4-5-6-7-8-14(16-13(2)3)15(18)17-9-11-19-12-10-17/h14,16H,2,4-12H2,1,3H3. The molecule has 0 aromatic heterocycles. The molecule has 110 valence electrons. The number of rotatable bonds is 8. The molecular weight excluding hydrogens is 240 g/mol. The Morgan fingerprint density at radius 2 is 2.00 bits per heavy atom. The van der Waals surface area contributed by atoms with Crippen LogP contribution in [0.15, 0.2) is 12.3 Å². The average Bonchev–Trinajstić information content (AvgIpc) is 2.42. The van der Waals surface area contributed by atoms with Crippen LogP contribution in [0.5, 0.6) is 0 Å². The summed E-state index contributed by atoms with van der Waals surface area (Å²) < 4.78 is 5.29. The third-order valence-electron chi connectivity index (χ3n) is 3.39. The van der Waals surface area contributed by atoms with Crippen LogP contribution in [0.4, 0.5) is 0 Å². The SMILES string of the molecule is C=C(C)NC(CCCCCC)C(=O)N1CCOCC1. The lowest BCUT2D eigenvalue weighted by molar-refractivity contribution is -0.137. The lowest BCUT2D eigenvalue weighted by atomic mass is 10.1. The number of allylic oxidation sites excluding steroid dienone is 1. The number of nitrogens with one attached hydrogen (secondary N) is 1. The van der Waals surface area contributed by atoms with E-state index in [0.717, 1.165) is 18.5 Å². The van der Waals surface area contributed by atoms with Gasteiger partial charge in [-0.1, -0.05) is 39.2 Å². The van der Waals surface area contributed by atoms with E-state index < -0.39 is 0 Å². The Balaban J connectivity index is 2.46. The normalized spacial score (nSPS) is 17.1. The van der Waals surface area contributed by atoms with Crippen LogP contribution < -0.4 is 5.32 Å². The van der Waals surface area contributed by atoms with E-state index in [0.29, 0.717) is 26.3 Å². The number of nitrogens with zero attached hydrogens (tertiary/aromatic N) is 1. The average molecular weight is 268 g/mol. The van der Waals surface area contributed by atoms with Gasteiger partial charge < -0.3 is 15.0 Å². The molecule has 4 nitrogen and oxygen atoms in total. The molecule has 1 fully saturated rings. The molecule has 1 rings (SSSR count). The van der Waals surface area contributed by atoms with Crippen molar-refractivity contribution in [3.8, 4) is 0 Å². The maximum atomic E-state index is 12.5. The highest BCUT2D eigenvalue weighted by atomic mass is 16.5. The van der Waals surface area contributed by atoms with Crippen molar-refractivity contribution >= 4 is 5.91 Å². The van der Waals surface area contributed by atoms with Crippen molar-refractivity contribution in [1.82, 2.24) is 10.2 Å². The summed E-state index contributed by atoms with van der Waals surface area (Å²) in [6, 6.07) is -0.118. The number of ether oxygens (including phenoxy) is 1. The van der Waals surface area contributed by atoms with Gasteiger partial charge in [0.25, 0.3) is 0 Å². The molecule has 0 radical (unpaired) electrons. The van der Waals surface area contributed by atoms with E-state index in [4.69, 9.17) is 4.74 Å². The summed E-state index contributed by atoms with van der Waals surface area (Å²) in [5.74, 6) is 0.197. The van der Waals surface area contributed by atoms with Gasteiger partial charge in [-0.25, -0.2) is 0 Å². The molecule has 1 unspecified atom stereocenters. The molecule has 0 spiro atoms. The summed E-state index contributed by atoms with van der Waals surface area (Å²) in [6.07, 6.45) is 5.64. The number of hydrogen-bond acceptors (Lipinski definition) is 3. The first-order valence-electron chi connectivity index (χ1n) is 7.43. The Bertz CT molecular complexity index is 286. The van der Waals surface area contributed by atoms with Crippen LogP contribution >= 0.6 is 0 Å². The van der Waals surface area contributed by atoms with Gasteiger partial charge >= 0.3 is 0 Å². The van der Waals surface area contributed by atoms with Gasteiger partial charge in [-0.15, -0.1) is 0 Å². The maximum Gasteiger partial charge on any atom is 0.245 e. The second kappa shape index (κ2) is 8.97. The lowest BCUT2D eigenvalue weighted by Gasteiger charge is -2.31. The van der Waals surface area contributed by atoms with Crippen LogP contribution in [-0.4, -0.2) is 43.2 Å². The molecule has 0 aromatic rings. The van der Waals surface area contributed by atoms with Crippen LogP contribution in [0.1, 0.15) is 46.0 Å². The molecule has 0 bridgehead atoms. The van der Waals surface area contributed by atoms with Crippen molar-refractivity contribution in [1.29, 1.82) is 0 Å². The summed E-state index contributed by atoms with van der Waals surface area (Å²) >= 11 is 0. The number of hydrogen-bond donors (Lipinski definition) is 1. The first-order valence-corrected chi connectivity index (χ1v) is 7.43. The van der Waals surface area contributed by atoms with Crippen molar-refractivity contribution in [2.75, 3.05) is 26.3 Å². The van der Waals surface area contributed by atoms with E-state index in [1.807, 2.05) is 11.8 Å². The van der Waals surface area contributed by atoms with Crippen molar-refractivity contribution in [2.24, 2.45) is 0 Å². The summed E-state index contributed by atoms with van der Waals surface area (Å²) in [5.41, 5.74) is 0.863. The molecule has 1 aliphatic heterocycles. The fourth-order valence-electron chi connectivity index (χ4n) is 2.33. The van der Waals surface area contributed by atoms with E-state index >= 15 is 0 Å². The molecule has 0 saturated carbocycles. The van der Waals surface area contributed by atoms with E-state index in [2.05, 4.69) is 18.8 Å². The summed E-state index contributed by atoms with van der Waals surface area (Å²) in [4.78, 5) is 14.4. The number of unbranched alkanes of at least 4 members (excludes halogenated alkanes) is 3. The van der Waals surface area contributed by atoms with Crippen LogP contribution in [0.3, 0.4) is 0 Å². The van der Waals surface area contributed by atoms with Crippen molar-refractivity contribution in [2.45, 2.75) is 52.0 Å². The topological polar surface area (TPSA) is 41.6 Å². The molecule has 1 N–H and O–H groups in total. The second-order valence-electron chi connectivity index (χ2n) is 5.26. The summed E-state index contributed by atoms with van der Waals surface area (Å²) in [7, 11) is 0. The maximum absolute atomic E-state index is 12.5. The molecule has 1 saturated heterocycles. The van der Waals surface area contributed by atoms with Gasteiger partial charge in [-0.2, -0.15) is 0 Å². The van der Waals surface area contributed by atoms with Gasteiger partial charge in [0.2, 0.25) is 5.91 Å². The largest absolute Gasteiger partial charge is 0.378 e. The van der Waals surface area contributed by atoms with Crippen molar-refractivity contribution < 1.29 is 9.53 Å². The Morgan fingerprint density at radius 1 is 1.32 bits per heavy atom. The molecule has 19 heavy (non-hydrogen) atoms. The van der Waals surface area contributed by atoms with Crippen LogP contribution in [-0.2, 0) is 9.53 Å². The zero-order valence-corrected chi connectivity index (χ0v) is 12.4. The Morgan fingerprint density at radius 3 is 2.58 bits per heavy atom. The third kappa shape index (κ3) is 6.10. The van der Waals surface area contributed by atoms with E-state index in [1.165, 1.54) is 19.3 Å². The molecule has 1 atom stereocenters. The fraction of sp³-hybridized carbons (Fsp3) is 0.800. The van der Waals surface area contributed by atoms with E-state index in [-0.39, 0.29) is 11.9 Å². The van der Waals surface area contributed by atoms with Crippen LogP contribution in [0.25, 0.3) is 0 Å². The first kappa shape index (κ1) is 16.0. The summed E-state index contributed by atoms with van der Waals surface area (Å²) in [5, 5.41) is 3.23. The van der Waals surface area contributed by atoms with Crippen LogP contribution in [0.2, 0.25) is 0 Å². The highest BCUT2D eigenvalue weighted by Crippen LogP contribution is 2.10. The molecule has 1 aliphatic rings. The number of carbonyl (C=O) groups excluding carboxylic acids is 1. The van der Waals surface area contributed by atoms with Gasteiger partial charge in [0.1, 0.15) is 6.04 Å². The third-order valence-corrected chi connectivity index (χ3v) is 3.39. The van der Waals surface area contributed by atoms with E-state index in [9.17, 15) is 4.79 Å². The molecule has 4 heteroatoms. The quantitative estimate of drug-likeness (QED) is 0.687. The van der Waals surface area contributed by atoms with Gasteiger partial charge in [0, 0.05) is 18.8 Å². The highest BCUT2D eigenvalue weighted by molar-refractivity contribution is 5.82. The van der Waals surface area contributed by atoms with Crippen molar-refractivity contribution in [3.05, 3.63) is 12.3 Å². The lowest BCUT2D eigenvalue weighted by Crippen LogP contribution is -2.49. The minimum Gasteiger partial charge on any atom is -0.378 e. The number of amides is 1. The minimum absolute atomic E-state index is 0.118. The van der Waals surface area contributed by atoms with Gasteiger partial charge in [-0.05, 0) is 13.3 Å².